The van der Waals surface area contributed by atoms with Gasteiger partial charge < -0.3 is 14.9 Å². The summed E-state index contributed by atoms with van der Waals surface area (Å²) in [5.41, 5.74) is 9.13. The van der Waals surface area contributed by atoms with Gasteiger partial charge in [0, 0.05) is 5.69 Å². The van der Waals surface area contributed by atoms with Gasteiger partial charge in [-0.05, 0) is 41.8 Å². The molecule has 21 heavy (non-hydrogen) atoms. The van der Waals surface area contributed by atoms with Crippen LogP contribution in [0.2, 0.25) is 0 Å². The van der Waals surface area contributed by atoms with E-state index in [4.69, 9.17) is 14.9 Å². The first-order valence-electron chi connectivity index (χ1n) is 6.99. The molecule has 0 aliphatic heterocycles. The van der Waals surface area contributed by atoms with E-state index in [2.05, 4.69) is 24.9 Å². The van der Waals surface area contributed by atoms with Crippen molar-refractivity contribution in [1.82, 2.24) is 4.98 Å². The number of nitrogens with two attached hydrogens (primary N) is 1. The second kappa shape index (κ2) is 5.48. The third kappa shape index (κ3) is 2.99. The molecule has 0 unspecified atom stereocenters. The fourth-order valence-corrected chi connectivity index (χ4v) is 2.16. The molecule has 3 aromatic rings. The number of hydrogen-bond acceptors (Lipinski definition) is 4. The lowest BCUT2D eigenvalue weighted by Crippen LogP contribution is -1.96. The van der Waals surface area contributed by atoms with Crippen LogP contribution in [0.15, 0.2) is 46.9 Å². The van der Waals surface area contributed by atoms with Gasteiger partial charge in [-0.15, -0.1) is 0 Å². The maximum Gasteiger partial charge on any atom is 0.233 e. The Morgan fingerprint density at radius 1 is 1.19 bits per heavy atom. The normalized spacial score (nSPS) is 11.2. The summed E-state index contributed by atoms with van der Waals surface area (Å²) in [5.74, 6) is 1.84. The molecule has 3 rings (SSSR count). The molecule has 0 aliphatic rings. The minimum Gasteiger partial charge on any atom is -0.484 e. The van der Waals surface area contributed by atoms with Crippen LogP contribution in [0.25, 0.3) is 11.1 Å². The Kier molecular flexibility index (Phi) is 3.52. The van der Waals surface area contributed by atoms with Crippen molar-refractivity contribution >= 4 is 16.8 Å². The SMILES string of the molecule is CC(C)c1cccc(OCc2nc3cc(N)ccc3o2)c1. The Morgan fingerprint density at radius 2 is 2.05 bits per heavy atom. The van der Waals surface area contributed by atoms with Gasteiger partial charge in [0.15, 0.2) is 12.2 Å². The minimum atomic E-state index is 0.302. The van der Waals surface area contributed by atoms with Crippen LogP contribution in [0.1, 0.15) is 31.2 Å². The van der Waals surface area contributed by atoms with E-state index in [1.807, 2.05) is 24.3 Å². The number of hydrogen-bond donors (Lipinski definition) is 1. The van der Waals surface area contributed by atoms with Gasteiger partial charge in [0.1, 0.15) is 11.3 Å². The highest BCUT2D eigenvalue weighted by atomic mass is 16.5. The molecule has 4 nitrogen and oxygen atoms in total. The Bertz CT molecular complexity index is 762. The second-order valence-electron chi connectivity index (χ2n) is 5.35. The molecule has 0 spiro atoms. The zero-order valence-corrected chi connectivity index (χ0v) is 12.2. The third-order valence-electron chi connectivity index (χ3n) is 3.34. The van der Waals surface area contributed by atoms with Gasteiger partial charge in [0.25, 0.3) is 0 Å². The number of oxazole rings is 1. The summed E-state index contributed by atoms with van der Waals surface area (Å²) in [6.07, 6.45) is 0. The fraction of sp³-hybridized carbons (Fsp3) is 0.235. The number of benzene rings is 2. The van der Waals surface area contributed by atoms with E-state index in [0.717, 1.165) is 16.8 Å². The number of aromatic nitrogens is 1. The molecule has 0 bridgehead atoms. The molecule has 1 heterocycles. The Hall–Kier alpha value is -2.49. The highest BCUT2D eigenvalue weighted by molar-refractivity contribution is 5.76. The molecule has 0 amide bonds. The van der Waals surface area contributed by atoms with Crippen molar-refractivity contribution in [3.05, 3.63) is 53.9 Å². The molecule has 108 valence electrons. The molecule has 4 heteroatoms. The van der Waals surface area contributed by atoms with Crippen molar-refractivity contribution in [2.75, 3.05) is 5.73 Å². The fourth-order valence-electron chi connectivity index (χ4n) is 2.16. The van der Waals surface area contributed by atoms with Gasteiger partial charge in [-0.25, -0.2) is 4.98 Å². The first-order chi connectivity index (χ1) is 10.1. The van der Waals surface area contributed by atoms with Gasteiger partial charge >= 0.3 is 0 Å². The summed E-state index contributed by atoms with van der Waals surface area (Å²) < 4.78 is 11.4. The van der Waals surface area contributed by atoms with E-state index in [-0.39, 0.29) is 0 Å². The molecule has 0 aliphatic carbocycles. The summed E-state index contributed by atoms with van der Waals surface area (Å²) in [4.78, 5) is 4.37. The second-order valence-corrected chi connectivity index (χ2v) is 5.35. The van der Waals surface area contributed by atoms with Crippen molar-refractivity contribution in [2.24, 2.45) is 0 Å². The first-order valence-corrected chi connectivity index (χ1v) is 6.99. The average molecular weight is 282 g/mol. The summed E-state index contributed by atoms with van der Waals surface area (Å²) in [6.45, 7) is 4.62. The molecule has 0 saturated carbocycles. The molecule has 2 aromatic carbocycles. The zero-order valence-electron chi connectivity index (χ0n) is 12.2. The molecule has 2 N–H and O–H groups in total. The van der Waals surface area contributed by atoms with E-state index in [1.54, 1.807) is 12.1 Å². The number of anilines is 1. The van der Waals surface area contributed by atoms with Crippen molar-refractivity contribution in [3.8, 4) is 5.75 Å². The predicted octanol–water partition coefficient (Wildman–Crippen LogP) is 4.11. The van der Waals surface area contributed by atoms with Gasteiger partial charge in [0.05, 0.1) is 0 Å². The van der Waals surface area contributed by atoms with E-state index in [9.17, 15) is 0 Å². The lowest BCUT2D eigenvalue weighted by Gasteiger charge is -2.08. The Balaban J connectivity index is 1.75. The van der Waals surface area contributed by atoms with Crippen LogP contribution in [0.5, 0.6) is 5.75 Å². The van der Waals surface area contributed by atoms with Crippen LogP contribution in [0, 0.1) is 0 Å². The van der Waals surface area contributed by atoms with E-state index in [0.29, 0.717) is 24.1 Å². The van der Waals surface area contributed by atoms with E-state index < -0.39 is 0 Å². The molecule has 0 saturated heterocycles. The Labute approximate surface area is 123 Å². The van der Waals surface area contributed by atoms with Crippen LogP contribution in [-0.2, 0) is 6.61 Å². The molecule has 1 aromatic heterocycles. The minimum absolute atomic E-state index is 0.302. The molecule has 0 fully saturated rings. The quantitative estimate of drug-likeness (QED) is 0.731. The number of nitrogens with zero attached hydrogens (tertiary/aromatic N) is 1. The van der Waals surface area contributed by atoms with Crippen LogP contribution < -0.4 is 10.5 Å². The molecule has 0 radical (unpaired) electrons. The van der Waals surface area contributed by atoms with Crippen LogP contribution in [0.4, 0.5) is 5.69 Å². The smallest absolute Gasteiger partial charge is 0.233 e. The van der Waals surface area contributed by atoms with Crippen LogP contribution >= 0.6 is 0 Å². The number of fused-ring (bicyclic) bond motifs is 1. The summed E-state index contributed by atoms with van der Waals surface area (Å²) in [5, 5.41) is 0. The third-order valence-corrected chi connectivity index (χ3v) is 3.34. The zero-order chi connectivity index (χ0) is 14.8. The summed E-state index contributed by atoms with van der Waals surface area (Å²) >= 11 is 0. The number of ether oxygens (including phenoxy) is 1. The monoisotopic (exact) mass is 282 g/mol. The highest BCUT2D eigenvalue weighted by Gasteiger charge is 2.07. The van der Waals surface area contributed by atoms with Crippen LogP contribution in [0.3, 0.4) is 0 Å². The maximum absolute atomic E-state index is 5.76. The first kappa shape index (κ1) is 13.5. The lowest BCUT2D eigenvalue weighted by molar-refractivity contribution is 0.267. The standard InChI is InChI=1S/C17H18N2O2/c1-11(2)12-4-3-5-14(8-12)20-10-17-19-15-9-13(18)6-7-16(15)21-17/h3-9,11H,10,18H2,1-2H3. The predicted molar refractivity (Wildman–Crippen MR) is 83.3 cm³/mol. The van der Waals surface area contributed by atoms with Gasteiger partial charge in [-0.2, -0.15) is 0 Å². The van der Waals surface area contributed by atoms with Crippen molar-refractivity contribution in [1.29, 1.82) is 0 Å². The van der Waals surface area contributed by atoms with E-state index >= 15 is 0 Å². The average Bonchev–Trinajstić information content (AvgIpc) is 2.87. The maximum atomic E-state index is 5.76. The van der Waals surface area contributed by atoms with Crippen molar-refractivity contribution in [2.45, 2.75) is 26.4 Å². The molecular formula is C17H18N2O2. The van der Waals surface area contributed by atoms with Crippen molar-refractivity contribution < 1.29 is 9.15 Å². The van der Waals surface area contributed by atoms with Gasteiger partial charge in [-0.3, -0.25) is 0 Å². The highest BCUT2D eigenvalue weighted by Crippen LogP contribution is 2.22. The number of rotatable bonds is 4. The lowest BCUT2D eigenvalue weighted by atomic mass is 10.0. The van der Waals surface area contributed by atoms with Gasteiger partial charge in [-0.1, -0.05) is 26.0 Å². The van der Waals surface area contributed by atoms with E-state index in [1.165, 1.54) is 5.56 Å². The Morgan fingerprint density at radius 3 is 2.86 bits per heavy atom. The summed E-state index contributed by atoms with van der Waals surface area (Å²) in [6, 6.07) is 13.5. The molecular weight excluding hydrogens is 264 g/mol. The van der Waals surface area contributed by atoms with Crippen molar-refractivity contribution in [3.63, 3.8) is 0 Å². The summed E-state index contributed by atoms with van der Waals surface area (Å²) in [7, 11) is 0. The van der Waals surface area contributed by atoms with Crippen LogP contribution in [-0.4, -0.2) is 4.98 Å². The molecule has 0 atom stereocenters. The number of nitrogen functional groups attached to an aromatic ring is 1. The topological polar surface area (TPSA) is 61.3 Å². The van der Waals surface area contributed by atoms with Gasteiger partial charge in [0.2, 0.25) is 5.89 Å². The largest absolute Gasteiger partial charge is 0.484 e.